The molecule has 1 aliphatic heterocycles. The summed E-state index contributed by atoms with van der Waals surface area (Å²) in [6, 6.07) is 5.48. The van der Waals surface area contributed by atoms with Gasteiger partial charge in [-0.15, -0.1) is 0 Å². The molecule has 1 fully saturated rings. The van der Waals surface area contributed by atoms with Crippen LogP contribution in [-0.4, -0.2) is 49.4 Å². The molecule has 4 rings (SSSR count). The Labute approximate surface area is 149 Å². The minimum atomic E-state index is -0.432. The van der Waals surface area contributed by atoms with E-state index in [1.807, 2.05) is 12.1 Å². The molecule has 0 amide bonds. The number of rotatable bonds is 2. The van der Waals surface area contributed by atoms with Gasteiger partial charge < -0.3 is 14.4 Å². The number of aromatic nitrogens is 2. The highest BCUT2D eigenvalue weighted by Crippen LogP contribution is 2.34. The zero-order chi connectivity index (χ0) is 17.4. The fraction of sp³-hybridized carbons (Fsp3) is 0.278. The first-order valence-electron chi connectivity index (χ1n) is 7.97. The predicted molar refractivity (Wildman–Crippen MR) is 96.4 cm³/mol. The van der Waals surface area contributed by atoms with E-state index in [9.17, 15) is 4.79 Å². The smallest absolute Gasteiger partial charge is 0.340 e. The molecule has 3 aromatic rings. The van der Waals surface area contributed by atoms with Crippen molar-refractivity contribution in [1.82, 2.24) is 9.97 Å². The van der Waals surface area contributed by atoms with E-state index in [4.69, 9.17) is 26.1 Å². The quantitative estimate of drug-likeness (QED) is 0.519. The van der Waals surface area contributed by atoms with Crippen LogP contribution in [0.3, 0.4) is 0 Å². The van der Waals surface area contributed by atoms with Gasteiger partial charge in [-0.3, -0.25) is 4.98 Å². The van der Waals surface area contributed by atoms with Gasteiger partial charge in [-0.2, -0.15) is 0 Å². The molecule has 0 unspecified atom stereocenters. The van der Waals surface area contributed by atoms with Crippen LogP contribution in [0, 0.1) is 0 Å². The highest BCUT2D eigenvalue weighted by atomic mass is 35.5. The van der Waals surface area contributed by atoms with E-state index in [0.717, 1.165) is 40.6 Å². The first kappa shape index (κ1) is 16.1. The fourth-order valence-electron chi connectivity index (χ4n) is 3.18. The molecule has 0 saturated carbocycles. The van der Waals surface area contributed by atoms with Crippen molar-refractivity contribution in [2.24, 2.45) is 0 Å². The van der Waals surface area contributed by atoms with Gasteiger partial charge in [0.25, 0.3) is 0 Å². The monoisotopic (exact) mass is 357 g/mol. The summed E-state index contributed by atoms with van der Waals surface area (Å²) in [5.41, 5.74) is 1.18. The number of carbonyl (C=O) groups is 1. The average molecular weight is 358 g/mol. The number of nitrogens with zero attached hydrogens (tertiary/aromatic N) is 3. The summed E-state index contributed by atoms with van der Waals surface area (Å²) < 4.78 is 10.4. The predicted octanol–water partition coefficient (Wildman–Crippen LogP) is 3.06. The van der Waals surface area contributed by atoms with Crippen molar-refractivity contribution in [2.45, 2.75) is 0 Å². The van der Waals surface area contributed by atoms with Gasteiger partial charge in [0.1, 0.15) is 5.82 Å². The molecule has 0 aliphatic carbocycles. The van der Waals surface area contributed by atoms with E-state index in [-0.39, 0.29) is 0 Å². The van der Waals surface area contributed by atoms with Gasteiger partial charge in [-0.05, 0) is 18.2 Å². The van der Waals surface area contributed by atoms with Crippen LogP contribution in [0.5, 0.6) is 0 Å². The summed E-state index contributed by atoms with van der Waals surface area (Å²) >= 11 is 6.19. The zero-order valence-electron chi connectivity index (χ0n) is 13.7. The van der Waals surface area contributed by atoms with Gasteiger partial charge in [-0.1, -0.05) is 11.6 Å². The van der Waals surface area contributed by atoms with Crippen LogP contribution >= 0.6 is 11.6 Å². The van der Waals surface area contributed by atoms with Crippen LogP contribution in [0.1, 0.15) is 10.4 Å². The van der Waals surface area contributed by atoms with Crippen molar-refractivity contribution in [3.05, 3.63) is 41.2 Å². The number of morpholine rings is 1. The largest absolute Gasteiger partial charge is 0.465 e. The Bertz CT molecular complexity index is 971. The number of halogens is 1. The Balaban J connectivity index is 2.09. The van der Waals surface area contributed by atoms with E-state index in [0.29, 0.717) is 23.8 Å². The maximum atomic E-state index is 12.3. The average Bonchev–Trinajstić information content (AvgIpc) is 2.67. The van der Waals surface area contributed by atoms with E-state index in [2.05, 4.69) is 9.88 Å². The molecule has 0 spiro atoms. The molecule has 0 N–H and O–H groups in total. The van der Waals surface area contributed by atoms with E-state index in [1.54, 1.807) is 12.3 Å². The summed E-state index contributed by atoms with van der Waals surface area (Å²) in [5, 5.41) is 2.96. The zero-order valence-corrected chi connectivity index (χ0v) is 14.4. The topological polar surface area (TPSA) is 64.5 Å². The lowest BCUT2D eigenvalue weighted by Crippen LogP contribution is -2.37. The van der Waals surface area contributed by atoms with Gasteiger partial charge in [-0.25, -0.2) is 9.78 Å². The van der Waals surface area contributed by atoms with Gasteiger partial charge in [0.05, 0.1) is 31.4 Å². The van der Waals surface area contributed by atoms with Gasteiger partial charge >= 0.3 is 5.97 Å². The Hall–Kier alpha value is -2.44. The molecular formula is C18H16ClN3O3. The molecule has 2 aromatic heterocycles. The van der Waals surface area contributed by atoms with E-state index in [1.165, 1.54) is 13.3 Å². The van der Waals surface area contributed by atoms with Crippen molar-refractivity contribution in [3.63, 3.8) is 0 Å². The molecule has 1 aromatic carbocycles. The van der Waals surface area contributed by atoms with Crippen molar-refractivity contribution >= 4 is 45.1 Å². The van der Waals surface area contributed by atoms with E-state index < -0.39 is 5.97 Å². The number of ether oxygens (including phenoxy) is 2. The third-order valence-electron chi connectivity index (χ3n) is 4.36. The lowest BCUT2D eigenvalue weighted by molar-refractivity contribution is 0.0602. The first-order chi connectivity index (χ1) is 12.2. The summed E-state index contributed by atoms with van der Waals surface area (Å²) in [5.74, 6) is 0.366. The molecule has 25 heavy (non-hydrogen) atoms. The molecule has 0 atom stereocenters. The SMILES string of the molecule is COC(=O)c1cncc2c(N3CCOCC3)nc3ccc(Cl)cc3c12. The number of pyridine rings is 2. The molecular weight excluding hydrogens is 342 g/mol. The number of benzene rings is 1. The second kappa shape index (κ2) is 6.46. The second-order valence-corrected chi connectivity index (χ2v) is 6.23. The van der Waals surface area contributed by atoms with Crippen LogP contribution < -0.4 is 4.90 Å². The number of carbonyl (C=O) groups excluding carboxylic acids is 1. The molecule has 6 nitrogen and oxygen atoms in total. The number of methoxy groups -OCH3 is 1. The van der Waals surface area contributed by atoms with E-state index >= 15 is 0 Å². The first-order valence-corrected chi connectivity index (χ1v) is 8.35. The van der Waals surface area contributed by atoms with Crippen LogP contribution in [0.2, 0.25) is 5.02 Å². The number of hydrogen-bond acceptors (Lipinski definition) is 6. The number of hydrogen-bond donors (Lipinski definition) is 0. The fourth-order valence-corrected chi connectivity index (χ4v) is 3.35. The maximum Gasteiger partial charge on any atom is 0.340 e. The van der Waals surface area contributed by atoms with Crippen LogP contribution in [-0.2, 0) is 9.47 Å². The van der Waals surface area contributed by atoms with Crippen LogP contribution in [0.15, 0.2) is 30.6 Å². The number of fused-ring (bicyclic) bond motifs is 3. The summed E-state index contributed by atoms with van der Waals surface area (Å²) in [7, 11) is 1.36. The Morgan fingerprint density at radius 1 is 1.24 bits per heavy atom. The molecule has 7 heteroatoms. The van der Waals surface area contributed by atoms with Crippen LogP contribution in [0.25, 0.3) is 21.7 Å². The maximum absolute atomic E-state index is 12.3. The van der Waals surface area contributed by atoms with Crippen molar-refractivity contribution in [2.75, 3.05) is 38.3 Å². The summed E-state index contributed by atoms with van der Waals surface area (Å²) in [6.07, 6.45) is 3.26. The molecule has 1 aliphatic rings. The van der Waals surface area contributed by atoms with Crippen molar-refractivity contribution in [1.29, 1.82) is 0 Å². The minimum Gasteiger partial charge on any atom is -0.465 e. The Kier molecular flexibility index (Phi) is 4.15. The summed E-state index contributed by atoms with van der Waals surface area (Å²) in [4.78, 5) is 23.5. The minimum absolute atomic E-state index is 0.407. The Morgan fingerprint density at radius 3 is 2.80 bits per heavy atom. The molecule has 1 saturated heterocycles. The third kappa shape index (κ3) is 2.77. The second-order valence-electron chi connectivity index (χ2n) is 5.80. The van der Waals surface area contributed by atoms with Crippen molar-refractivity contribution in [3.8, 4) is 0 Å². The lowest BCUT2D eigenvalue weighted by atomic mass is 10.0. The van der Waals surface area contributed by atoms with Gasteiger partial charge in [0.15, 0.2) is 0 Å². The van der Waals surface area contributed by atoms with Gasteiger partial charge in [0.2, 0.25) is 0 Å². The Morgan fingerprint density at radius 2 is 2.04 bits per heavy atom. The third-order valence-corrected chi connectivity index (χ3v) is 4.59. The number of anilines is 1. The number of esters is 1. The molecule has 0 radical (unpaired) electrons. The molecule has 3 heterocycles. The highest BCUT2D eigenvalue weighted by molar-refractivity contribution is 6.32. The van der Waals surface area contributed by atoms with Crippen LogP contribution in [0.4, 0.5) is 5.82 Å². The lowest BCUT2D eigenvalue weighted by Gasteiger charge is -2.29. The highest BCUT2D eigenvalue weighted by Gasteiger charge is 2.21. The molecule has 0 bridgehead atoms. The normalized spacial score (nSPS) is 14.9. The molecule has 128 valence electrons. The van der Waals surface area contributed by atoms with Gasteiger partial charge in [0, 0.05) is 46.7 Å². The standard InChI is InChI=1S/C18H16ClN3O3/c1-24-18(23)14-10-20-9-13-16(14)12-8-11(19)2-3-15(12)21-17(13)22-4-6-25-7-5-22/h2-3,8-10H,4-7H2,1H3. The van der Waals surface area contributed by atoms with Crippen molar-refractivity contribution < 1.29 is 14.3 Å². The summed E-state index contributed by atoms with van der Waals surface area (Å²) in [6.45, 7) is 2.77.